The Labute approximate surface area is 388 Å². The third-order valence-electron chi connectivity index (χ3n) is 17.0. The second-order valence-corrected chi connectivity index (χ2v) is 23.5. The number of piperidine rings is 1. The third kappa shape index (κ3) is 8.66. The lowest BCUT2D eigenvalue weighted by Crippen LogP contribution is -2.70. The number of alkyl carbamates (subject to hydrolysis) is 1. The first-order chi connectivity index (χ1) is 31.8. The summed E-state index contributed by atoms with van der Waals surface area (Å²) in [5.41, 5.74) is 0.0270. The molecule has 66 heavy (non-hydrogen) atoms. The molecule has 4 amide bonds. The second kappa shape index (κ2) is 17.9. The van der Waals surface area contributed by atoms with E-state index in [1.54, 1.807) is 13.0 Å². The molecule has 4 bridgehead atoms. The van der Waals surface area contributed by atoms with Gasteiger partial charge in [0.25, 0.3) is 5.91 Å². The summed E-state index contributed by atoms with van der Waals surface area (Å²) in [5, 5.41) is 6.90. The molecule has 1 aromatic carbocycles. The number of nitrogens with zero attached hydrogens (tertiary/aromatic N) is 3. The van der Waals surface area contributed by atoms with Crippen molar-refractivity contribution in [2.45, 2.75) is 188 Å². The highest BCUT2D eigenvalue weighted by molar-refractivity contribution is 7.91. The molecular weight excluding hydrogens is 861 g/mol. The summed E-state index contributed by atoms with van der Waals surface area (Å²) in [4.78, 5) is 67.2. The van der Waals surface area contributed by atoms with E-state index < -0.39 is 68.2 Å². The molecule has 2 aromatic rings. The highest BCUT2D eigenvalue weighted by Gasteiger charge is 2.58. The quantitative estimate of drug-likeness (QED) is 0.243. The number of aromatic nitrogens is 1. The molecule has 16 heteroatoms. The topological polar surface area (TPSA) is 186 Å². The van der Waals surface area contributed by atoms with Crippen molar-refractivity contribution >= 4 is 44.7 Å². The largest absolute Gasteiger partial charge is 0.489 e. The van der Waals surface area contributed by atoms with E-state index in [1.165, 1.54) is 17.7 Å². The van der Waals surface area contributed by atoms with Crippen molar-refractivity contribution in [3.63, 3.8) is 0 Å². The Morgan fingerprint density at radius 3 is 2.32 bits per heavy atom. The average molecular weight is 929 g/mol. The average Bonchev–Trinajstić information content (AvgIpc) is 4.17. The Kier molecular flexibility index (Phi) is 12.3. The SMILES string of the molecule is C=C[C@@H]1CC[C@]1(NC(=O)[C@@H]1C[C@@H]2CN1C(=O)[C@H](C1CCCCC1)NC(=O)O[C@@H]1C[C@H]1CCCCCc1c(nc3ccccc3c1OC1CC3CCC(C1)N3C)O2)C(=O)NS(=O)(=O)C1(C)CC1. The molecule has 4 aliphatic carbocycles. The molecular formula is C50H68N6O9S. The van der Waals surface area contributed by atoms with Crippen molar-refractivity contribution < 1.29 is 41.8 Å². The van der Waals surface area contributed by atoms with Crippen molar-refractivity contribution in [2.24, 2.45) is 17.8 Å². The van der Waals surface area contributed by atoms with Gasteiger partial charge < -0.3 is 34.6 Å². The summed E-state index contributed by atoms with van der Waals surface area (Å²) in [6, 6.07) is 6.88. The molecule has 10 rings (SSSR count). The molecule has 15 nitrogen and oxygen atoms in total. The molecule has 2 unspecified atom stereocenters. The van der Waals surface area contributed by atoms with Crippen molar-refractivity contribution in [1.29, 1.82) is 0 Å². The molecule has 7 fully saturated rings. The predicted molar refractivity (Wildman–Crippen MR) is 247 cm³/mol. The van der Waals surface area contributed by atoms with Gasteiger partial charge in [0, 0.05) is 29.8 Å². The van der Waals surface area contributed by atoms with Gasteiger partial charge in [0.15, 0.2) is 0 Å². The van der Waals surface area contributed by atoms with Crippen LogP contribution in [0.4, 0.5) is 4.79 Å². The monoisotopic (exact) mass is 928 g/mol. The number of hydrogen-bond donors (Lipinski definition) is 3. The van der Waals surface area contributed by atoms with Crippen LogP contribution in [-0.2, 0) is 35.6 Å². The molecule has 4 aliphatic heterocycles. The number of fused-ring (bicyclic) bond motifs is 7. The first-order valence-corrected chi connectivity index (χ1v) is 26.5. The number of carbonyl (C=O) groups excluding carboxylic acids is 4. The fourth-order valence-corrected chi connectivity index (χ4v) is 13.5. The van der Waals surface area contributed by atoms with Gasteiger partial charge in [-0.1, -0.05) is 50.3 Å². The van der Waals surface area contributed by atoms with E-state index in [4.69, 9.17) is 19.2 Å². The minimum Gasteiger partial charge on any atom is -0.489 e. The van der Waals surface area contributed by atoms with Crippen LogP contribution in [0.25, 0.3) is 10.9 Å². The number of carbonyl (C=O) groups is 4. The normalized spacial score (nSPS) is 34.8. The van der Waals surface area contributed by atoms with Gasteiger partial charge in [0.2, 0.25) is 27.7 Å². The van der Waals surface area contributed by atoms with E-state index in [-0.39, 0.29) is 43.4 Å². The smallest absolute Gasteiger partial charge is 0.408 e. The zero-order chi connectivity index (χ0) is 46.0. The Morgan fingerprint density at radius 2 is 1.62 bits per heavy atom. The number of hydrogen-bond acceptors (Lipinski definition) is 11. The Morgan fingerprint density at radius 1 is 0.909 bits per heavy atom. The van der Waals surface area contributed by atoms with Crippen molar-refractivity contribution in [3.05, 3.63) is 42.5 Å². The van der Waals surface area contributed by atoms with Crippen LogP contribution >= 0.6 is 0 Å². The first kappa shape index (κ1) is 45.3. The molecule has 0 radical (unpaired) electrons. The van der Waals surface area contributed by atoms with E-state index in [0.29, 0.717) is 43.6 Å². The maximum Gasteiger partial charge on any atom is 0.408 e. The minimum atomic E-state index is -4.02. The van der Waals surface area contributed by atoms with E-state index in [2.05, 4.69) is 39.9 Å². The van der Waals surface area contributed by atoms with Crippen molar-refractivity contribution in [1.82, 2.24) is 30.1 Å². The summed E-state index contributed by atoms with van der Waals surface area (Å²) < 4.78 is 48.1. The van der Waals surface area contributed by atoms with Gasteiger partial charge in [-0.2, -0.15) is 0 Å². The lowest BCUT2D eigenvalue weighted by Gasteiger charge is -2.47. The molecule has 9 atom stereocenters. The number of rotatable bonds is 9. The zero-order valence-electron chi connectivity index (χ0n) is 38.6. The number of ether oxygens (including phenoxy) is 3. The van der Waals surface area contributed by atoms with Gasteiger partial charge in [-0.15, -0.1) is 6.58 Å². The lowest BCUT2D eigenvalue weighted by molar-refractivity contribution is -0.145. The molecule has 1 aromatic heterocycles. The van der Waals surface area contributed by atoms with E-state index >= 15 is 4.79 Å². The van der Waals surface area contributed by atoms with Crippen LogP contribution < -0.4 is 24.8 Å². The van der Waals surface area contributed by atoms with Crippen LogP contribution in [0.5, 0.6) is 11.6 Å². The molecule has 0 spiro atoms. The fraction of sp³-hybridized carbons (Fsp3) is 0.700. The first-order valence-electron chi connectivity index (χ1n) is 25.0. The van der Waals surface area contributed by atoms with Crippen molar-refractivity contribution in [2.75, 3.05) is 13.6 Å². The Balaban J connectivity index is 1.01. The summed E-state index contributed by atoms with van der Waals surface area (Å²) in [6.07, 6.45) is 15.4. The number of para-hydroxylation sites is 1. The maximum absolute atomic E-state index is 15.2. The lowest BCUT2D eigenvalue weighted by atomic mass is 9.66. The number of amides is 4. The van der Waals surface area contributed by atoms with E-state index in [0.717, 1.165) is 99.3 Å². The standard InChI is InChI=1S/C50H68N6O9S/c1-4-32-21-22-50(32,47(59)54-66(61,62)49(2)23-24-49)53-44(57)40-28-36-29-56(40)46(58)42(30-13-7-5-8-14-30)52-48(60)65-41-25-31(41)15-9-6-10-17-38-43(37-16-11-12-18-39(37)51-45(38)64-36)63-35-26-33-19-20-34(27-35)55(33)3/h4,11-12,16,18,30-36,40-42H,1,5-10,13-15,17,19-29H2,2-3H3,(H,52,60)(H,53,57)(H,54,59)/t31-,32-,33?,34?,35?,36-,40+,41-,42+,50-/m1/s1. The van der Waals surface area contributed by atoms with Gasteiger partial charge in [-0.25, -0.2) is 18.2 Å². The van der Waals surface area contributed by atoms with Crippen molar-refractivity contribution in [3.8, 4) is 11.6 Å². The molecule has 358 valence electrons. The summed E-state index contributed by atoms with van der Waals surface area (Å²) in [5.74, 6) is -1.05. The van der Waals surface area contributed by atoms with Gasteiger partial charge >= 0.3 is 6.09 Å². The van der Waals surface area contributed by atoms with Gasteiger partial charge in [-0.05, 0) is 128 Å². The van der Waals surface area contributed by atoms with Crippen LogP contribution in [0.1, 0.15) is 134 Å². The molecule has 5 heterocycles. The summed E-state index contributed by atoms with van der Waals surface area (Å²) in [6.45, 7) is 5.55. The number of sulfonamides is 1. The third-order valence-corrected chi connectivity index (χ3v) is 19.2. The predicted octanol–water partition coefficient (Wildman–Crippen LogP) is 6.22. The zero-order valence-corrected chi connectivity index (χ0v) is 39.5. The van der Waals surface area contributed by atoms with E-state index in [9.17, 15) is 22.8 Å². The van der Waals surface area contributed by atoms with Gasteiger partial charge in [0.05, 0.1) is 22.4 Å². The highest BCUT2D eigenvalue weighted by Crippen LogP contribution is 2.46. The number of benzene rings is 1. The molecule has 8 aliphatic rings. The highest BCUT2D eigenvalue weighted by atomic mass is 32.2. The van der Waals surface area contributed by atoms with Crippen LogP contribution in [-0.4, -0.2) is 113 Å². The van der Waals surface area contributed by atoms with Crippen LogP contribution in [0.2, 0.25) is 0 Å². The van der Waals surface area contributed by atoms with Crippen LogP contribution in [0.15, 0.2) is 36.9 Å². The van der Waals surface area contributed by atoms with Gasteiger partial charge in [0.1, 0.15) is 41.7 Å². The molecule has 4 saturated carbocycles. The maximum atomic E-state index is 15.2. The summed E-state index contributed by atoms with van der Waals surface area (Å²) in [7, 11) is -1.80. The fourth-order valence-electron chi connectivity index (χ4n) is 12.2. The summed E-state index contributed by atoms with van der Waals surface area (Å²) >= 11 is 0. The Hall–Kier alpha value is -4.44. The molecule has 3 N–H and O–H groups in total. The minimum absolute atomic E-state index is 0.0147. The van der Waals surface area contributed by atoms with E-state index in [1.807, 2.05) is 18.2 Å². The molecule has 3 saturated heterocycles. The number of pyridine rings is 1. The van der Waals surface area contributed by atoms with Crippen LogP contribution in [0.3, 0.4) is 0 Å². The second-order valence-electron chi connectivity index (χ2n) is 21.3. The van der Waals surface area contributed by atoms with Crippen LogP contribution in [0, 0.1) is 17.8 Å². The number of nitrogens with one attached hydrogen (secondary N) is 3. The van der Waals surface area contributed by atoms with Gasteiger partial charge in [-0.3, -0.25) is 19.1 Å². The Bertz CT molecular complexity index is 2340.